The number of aryl methyl sites for hydroxylation is 1. The molecule has 1 aromatic rings. The fourth-order valence-corrected chi connectivity index (χ4v) is 1.97. The zero-order chi connectivity index (χ0) is 13.0. The first-order valence-electron chi connectivity index (χ1n) is 6.25. The van der Waals surface area contributed by atoms with E-state index in [4.69, 9.17) is 11.6 Å². The van der Waals surface area contributed by atoms with Crippen LogP contribution in [0.2, 0.25) is 5.15 Å². The Morgan fingerprint density at radius 3 is 2.41 bits per heavy atom. The van der Waals surface area contributed by atoms with Crippen molar-refractivity contribution in [3.8, 4) is 0 Å². The molecular weight excluding hydrogens is 234 g/mol. The number of halogens is 1. The number of nitrogens with zero attached hydrogens (tertiary/aromatic N) is 3. The van der Waals surface area contributed by atoms with Crippen LogP contribution in [-0.2, 0) is 0 Å². The Kier molecular flexibility index (Phi) is 5.19. The second-order valence-corrected chi connectivity index (χ2v) is 4.92. The molecule has 17 heavy (non-hydrogen) atoms. The molecule has 0 saturated carbocycles. The normalized spacial score (nSPS) is 12.6. The van der Waals surface area contributed by atoms with Crippen LogP contribution >= 0.6 is 11.6 Å². The maximum atomic E-state index is 6.11. The fourth-order valence-electron chi connectivity index (χ4n) is 1.76. The second kappa shape index (κ2) is 6.20. The Labute approximate surface area is 109 Å². The maximum absolute atomic E-state index is 6.11. The summed E-state index contributed by atoms with van der Waals surface area (Å²) in [6.07, 6.45) is 1.17. The van der Waals surface area contributed by atoms with Gasteiger partial charge in [0.2, 0.25) is 0 Å². The maximum Gasteiger partial charge on any atom is 0.137 e. The third-order valence-corrected chi connectivity index (χ3v) is 3.45. The number of hydrogen-bond donors (Lipinski definition) is 0. The van der Waals surface area contributed by atoms with E-state index in [1.165, 1.54) is 6.42 Å². The predicted molar refractivity (Wildman–Crippen MR) is 73.9 cm³/mol. The first-order valence-corrected chi connectivity index (χ1v) is 6.63. The molecule has 1 atom stereocenters. The van der Waals surface area contributed by atoms with Gasteiger partial charge in [-0.2, -0.15) is 0 Å². The molecule has 0 fully saturated rings. The number of aromatic nitrogens is 2. The smallest absolute Gasteiger partial charge is 0.137 e. The van der Waals surface area contributed by atoms with Gasteiger partial charge in [0.1, 0.15) is 16.8 Å². The molecule has 3 nitrogen and oxygen atoms in total. The van der Waals surface area contributed by atoms with Crippen molar-refractivity contribution in [3.63, 3.8) is 0 Å². The summed E-state index contributed by atoms with van der Waals surface area (Å²) in [6.45, 7) is 12.4. The lowest BCUT2D eigenvalue weighted by Gasteiger charge is -2.26. The van der Waals surface area contributed by atoms with Gasteiger partial charge < -0.3 is 4.90 Å². The van der Waals surface area contributed by atoms with Gasteiger partial charge in [-0.1, -0.05) is 31.9 Å². The number of anilines is 1. The summed E-state index contributed by atoms with van der Waals surface area (Å²) < 4.78 is 0. The third kappa shape index (κ3) is 3.56. The van der Waals surface area contributed by atoms with Crippen LogP contribution in [0.5, 0.6) is 0 Å². The van der Waals surface area contributed by atoms with Crippen molar-refractivity contribution in [3.05, 3.63) is 16.5 Å². The van der Waals surface area contributed by atoms with Crippen LogP contribution in [0.3, 0.4) is 0 Å². The zero-order valence-corrected chi connectivity index (χ0v) is 12.2. The van der Waals surface area contributed by atoms with Gasteiger partial charge in [-0.15, -0.1) is 0 Å². The first kappa shape index (κ1) is 14.2. The van der Waals surface area contributed by atoms with Gasteiger partial charge in [0.05, 0.1) is 0 Å². The molecule has 0 spiro atoms. The molecule has 1 rings (SSSR count). The van der Waals surface area contributed by atoms with Crippen molar-refractivity contribution in [2.75, 3.05) is 18.0 Å². The Bertz CT molecular complexity index is 379. The third-order valence-electron chi connectivity index (χ3n) is 3.08. The van der Waals surface area contributed by atoms with Crippen LogP contribution in [0.4, 0.5) is 5.82 Å². The van der Waals surface area contributed by atoms with E-state index in [0.29, 0.717) is 11.1 Å². The number of hydrogen-bond acceptors (Lipinski definition) is 3. The Hall–Kier alpha value is -0.830. The Morgan fingerprint density at radius 1 is 1.24 bits per heavy atom. The quantitative estimate of drug-likeness (QED) is 0.753. The molecule has 0 bridgehead atoms. The van der Waals surface area contributed by atoms with Crippen LogP contribution in [0.15, 0.2) is 0 Å². The van der Waals surface area contributed by atoms with Crippen molar-refractivity contribution >= 4 is 17.4 Å². The van der Waals surface area contributed by atoms with Crippen LogP contribution in [0, 0.1) is 19.8 Å². The van der Waals surface area contributed by atoms with E-state index < -0.39 is 0 Å². The minimum absolute atomic E-state index is 0.565. The van der Waals surface area contributed by atoms with Crippen molar-refractivity contribution in [1.29, 1.82) is 0 Å². The van der Waals surface area contributed by atoms with Crippen LogP contribution < -0.4 is 4.90 Å². The fraction of sp³-hybridized carbons (Fsp3) is 0.692. The van der Waals surface area contributed by atoms with E-state index in [2.05, 4.69) is 35.6 Å². The monoisotopic (exact) mass is 255 g/mol. The molecule has 1 aromatic heterocycles. The molecule has 0 aliphatic carbocycles. The molecule has 0 saturated heterocycles. The van der Waals surface area contributed by atoms with Crippen molar-refractivity contribution in [1.82, 2.24) is 9.97 Å². The molecule has 1 heterocycles. The van der Waals surface area contributed by atoms with Gasteiger partial charge in [0.25, 0.3) is 0 Å². The van der Waals surface area contributed by atoms with Gasteiger partial charge in [-0.3, -0.25) is 0 Å². The molecule has 0 amide bonds. The van der Waals surface area contributed by atoms with Gasteiger partial charge in [-0.05, 0) is 26.7 Å². The summed E-state index contributed by atoms with van der Waals surface area (Å²) in [6, 6.07) is 0. The van der Waals surface area contributed by atoms with E-state index in [1.807, 2.05) is 13.8 Å². The van der Waals surface area contributed by atoms with Gasteiger partial charge in [0, 0.05) is 18.7 Å². The van der Waals surface area contributed by atoms with E-state index >= 15 is 0 Å². The van der Waals surface area contributed by atoms with Gasteiger partial charge in [0.15, 0.2) is 0 Å². The summed E-state index contributed by atoms with van der Waals surface area (Å²) in [7, 11) is 0. The lowest BCUT2D eigenvalue weighted by molar-refractivity contribution is 0.544. The molecular formula is C13H22ClN3. The van der Waals surface area contributed by atoms with Gasteiger partial charge in [-0.25, -0.2) is 9.97 Å². The molecule has 0 aromatic carbocycles. The highest BCUT2D eigenvalue weighted by Gasteiger charge is 2.15. The molecule has 0 N–H and O–H groups in total. The van der Waals surface area contributed by atoms with E-state index in [9.17, 15) is 0 Å². The lowest BCUT2D eigenvalue weighted by Crippen LogP contribution is -2.30. The first-order chi connectivity index (χ1) is 7.99. The predicted octanol–water partition coefficient (Wildman–Crippen LogP) is 3.62. The summed E-state index contributed by atoms with van der Waals surface area (Å²) >= 11 is 6.11. The molecule has 0 aliphatic rings. The van der Waals surface area contributed by atoms with Crippen LogP contribution in [-0.4, -0.2) is 23.1 Å². The Balaban J connectivity index is 3.03. The van der Waals surface area contributed by atoms with Crippen LogP contribution in [0.1, 0.15) is 38.6 Å². The minimum atomic E-state index is 0.565. The highest BCUT2D eigenvalue weighted by atomic mass is 35.5. The summed E-state index contributed by atoms with van der Waals surface area (Å²) in [5.41, 5.74) is 0.974. The van der Waals surface area contributed by atoms with E-state index in [1.54, 1.807) is 0 Å². The molecule has 0 aliphatic heterocycles. The van der Waals surface area contributed by atoms with Crippen molar-refractivity contribution in [2.45, 2.75) is 41.0 Å². The highest BCUT2D eigenvalue weighted by Crippen LogP contribution is 2.24. The lowest BCUT2D eigenvalue weighted by atomic mass is 10.1. The second-order valence-electron chi connectivity index (χ2n) is 4.56. The summed E-state index contributed by atoms with van der Waals surface area (Å²) in [5, 5.41) is 0.565. The van der Waals surface area contributed by atoms with Crippen molar-refractivity contribution in [2.24, 2.45) is 5.92 Å². The topological polar surface area (TPSA) is 29.0 Å². The summed E-state index contributed by atoms with van der Waals surface area (Å²) in [5.74, 6) is 2.37. The molecule has 4 heteroatoms. The summed E-state index contributed by atoms with van der Waals surface area (Å²) in [4.78, 5) is 11.0. The van der Waals surface area contributed by atoms with Crippen molar-refractivity contribution < 1.29 is 0 Å². The average molecular weight is 256 g/mol. The van der Waals surface area contributed by atoms with E-state index in [-0.39, 0.29) is 0 Å². The minimum Gasteiger partial charge on any atom is -0.356 e. The van der Waals surface area contributed by atoms with Crippen LogP contribution in [0.25, 0.3) is 0 Å². The molecule has 1 unspecified atom stereocenters. The highest BCUT2D eigenvalue weighted by molar-refractivity contribution is 6.30. The zero-order valence-electron chi connectivity index (χ0n) is 11.4. The Morgan fingerprint density at radius 2 is 1.88 bits per heavy atom. The van der Waals surface area contributed by atoms with Gasteiger partial charge >= 0.3 is 0 Å². The SMILES string of the molecule is CCC(C)CN(CC)c1nc(C)nc(Cl)c1C. The number of rotatable bonds is 5. The average Bonchev–Trinajstić information content (AvgIpc) is 2.30. The largest absolute Gasteiger partial charge is 0.356 e. The van der Waals surface area contributed by atoms with E-state index in [0.717, 1.165) is 30.3 Å². The standard InChI is InChI=1S/C13H22ClN3/c1-6-9(3)8-17(7-2)13-10(4)12(14)15-11(5)16-13/h9H,6-8H2,1-5H3. The molecule has 96 valence electrons. The molecule has 0 radical (unpaired) electrons.